The first-order chi connectivity index (χ1) is 10.0. The van der Waals surface area contributed by atoms with E-state index in [1.54, 1.807) is 60.7 Å². The molecule has 21 heavy (non-hydrogen) atoms. The van der Waals surface area contributed by atoms with Crippen molar-refractivity contribution in [2.45, 2.75) is 12.5 Å². The smallest absolute Gasteiger partial charge is 0.329 e. The SMILES string of the molecule is CC(NNC(=O)c1ccccc1)(C(=O)O)c1ccccc1. The molecular formula is C16H16N2O3. The van der Waals surface area contributed by atoms with Crippen LogP contribution in [0.4, 0.5) is 0 Å². The molecule has 5 heteroatoms. The standard InChI is InChI=1S/C16H16N2O3/c1-16(15(20)21,13-10-6-3-7-11-13)18-17-14(19)12-8-4-2-5-9-12/h2-11,18H,1H3,(H,17,19)(H,20,21). The highest BCUT2D eigenvalue weighted by atomic mass is 16.4. The molecule has 0 radical (unpaired) electrons. The van der Waals surface area contributed by atoms with E-state index >= 15 is 0 Å². The van der Waals surface area contributed by atoms with Gasteiger partial charge in [0.1, 0.15) is 0 Å². The number of hydrazine groups is 1. The van der Waals surface area contributed by atoms with Gasteiger partial charge in [0, 0.05) is 5.56 Å². The van der Waals surface area contributed by atoms with E-state index in [1.165, 1.54) is 6.92 Å². The highest BCUT2D eigenvalue weighted by molar-refractivity contribution is 5.94. The summed E-state index contributed by atoms with van der Waals surface area (Å²) < 4.78 is 0. The number of rotatable bonds is 5. The van der Waals surface area contributed by atoms with Crippen molar-refractivity contribution in [1.29, 1.82) is 0 Å². The monoisotopic (exact) mass is 284 g/mol. The Morgan fingerprint density at radius 1 is 0.952 bits per heavy atom. The van der Waals surface area contributed by atoms with Crippen molar-refractivity contribution in [2.75, 3.05) is 0 Å². The maximum absolute atomic E-state index is 12.0. The van der Waals surface area contributed by atoms with Crippen LogP contribution in [0.5, 0.6) is 0 Å². The second-order valence-electron chi connectivity index (χ2n) is 4.74. The fourth-order valence-corrected chi connectivity index (χ4v) is 1.86. The molecule has 0 spiro atoms. The number of benzene rings is 2. The molecule has 0 heterocycles. The molecule has 0 saturated heterocycles. The van der Waals surface area contributed by atoms with Gasteiger partial charge >= 0.3 is 5.97 Å². The molecule has 0 bridgehead atoms. The third kappa shape index (κ3) is 3.27. The number of amides is 1. The van der Waals surface area contributed by atoms with Gasteiger partial charge in [0.15, 0.2) is 5.54 Å². The average Bonchev–Trinajstić information content (AvgIpc) is 2.53. The third-order valence-corrected chi connectivity index (χ3v) is 3.24. The van der Waals surface area contributed by atoms with Crippen LogP contribution in [0.3, 0.4) is 0 Å². The Morgan fingerprint density at radius 2 is 1.48 bits per heavy atom. The lowest BCUT2D eigenvalue weighted by molar-refractivity contribution is -0.145. The Labute approximate surface area is 122 Å². The summed E-state index contributed by atoms with van der Waals surface area (Å²) in [5.41, 5.74) is 4.65. The van der Waals surface area contributed by atoms with Crippen molar-refractivity contribution in [3.05, 3.63) is 71.8 Å². The number of aliphatic carboxylic acids is 1. The van der Waals surface area contributed by atoms with Gasteiger partial charge in [-0.25, -0.2) is 10.2 Å². The van der Waals surface area contributed by atoms with Crippen molar-refractivity contribution < 1.29 is 14.7 Å². The van der Waals surface area contributed by atoms with Gasteiger partial charge in [-0.05, 0) is 24.6 Å². The van der Waals surface area contributed by atoms with Crippen molar-refractivity contribution in [2.24, 2.45) is 0 Å². The zero-order chi connectivity index (χ0) is 15.3. The Bertz CT molecular complexity index is 628. The summed E-state index contributed by atoms with van der Waals surface area (Å²) in [6, 6.07) is 17.3. The van der Waals surface area contributed by atoms with E-state index in [-0.39, 0.29) is 5.91 Å². The number of carboxylic acid groups (broad SMARTS) is 1. The van der Waals surface area contributed by atoms with Crippen LogP contribution in [-0.2, 0) is 10.3 Å². The molecule has 1 atom stereocenters. The molecule has 5 nitrogen and oxygen atoms in total. The lowest BCUT2D eigenvalue weighted by Crippen LogP contribution is -2.54. The Hall–Kier alpha value is -2.66. The fraction of sp³-hybridized carbons (Fsp3) is 0.125. The summed E-state index contributed by atoms with van der Waals surface area (Å²) in [6.45, 7) is 1.50. The molecule has 0 fully saturated rings. The lowest BCUT2D eigenvalue weighted by atomic mass is 9.93. The number of carbonyl (C=O) groups excluding carboxylic acids is 1. The van der Waals surface area contributed by atoms with Gasteiger partial charge in [0.05, 0.1) is 0 Å². The Morgan fingerprint density at radius 3 is 2.00 bits per heavy atom. The predicted molar refractivity (Wildman–Crippen MR) is 78.5 cm³/mol. The molecule has 2 rings (SSSR count). The number of hydrogen-bond donors (Lipinski definition) is 3. The molecule has 0 aromatic heterocycles. The van der Waals surface area contributed by atoms with Crippen LogP contribution in [-0.4, -0.2) is 17.0 Å². The molecule has 3 N–H and O–H groups in total. The highest BCUT2D eigenvalue weighted by Crippen LogP contribution is 2.20. The van der Waals surface area contributed by atoms with E-state index in [9.17, 15) is 14.7 Å². The maximum atomic E-state index is 12.0. The number of carboxylic acids is 1. The molecule has 1 amide bonds. The molecule has 0 saturated carbocycles. The van der Waals surface area contributed by atoms with Crippen LogP contribution >= 0.6 is 0 Å². The largest absolute Gasteiger partial charge is 0.480 e. The van der Waals surface area contributed by atoms with Gasteiger partial charge in [0.25, 0.3) is 5.91 Å². The zero-order valence-corrected chi connectivity index (χ0v) is 11.5. The molecule has 1 unspecified atom stereocenters. The van der Waals surface area contributed by atoms with E-state index < -0.39 is 11.5 Å². The summed E-state index contributed by atoms with van der Waals surface area (Å²) in [5, 5.41) is 9.46. The fourth-order valence-electron chi connectivity index (χ4n) is 1.86. The van der Waals surface area contributed by atoms with Crippen molar-refractivity contribution >= 4 is 11.9 Å². The first-order valence-electron chi connectivity index (χ1n) is 6.45. The van der Waals surface area contributed by atoms with Crippen LogP contribution in [0.2, 0.25) is 0 Å². The van der Waals surface area contributed by atoms with Gasteiger partial charge in [0.2, 0.25) is 0 Å². The van der Waals surface area contributed by atoms with Gasteiger partial charge < -0.3 is 5.11 Å². The van der Waals surface area contributed by atoms with Crippen LogP contribution in [0, 0.1) is 0 Å². The Balaban J connectivity index is 2.15. The first kappa shape index (κ1) is 14.7. The normalized spacial score (nSPS) is 13.2. The van der Waals surface area contributed by atoms with E-state index in [0.717, 1.165) is 0 Å². The molecular weight excluding hydrogens is 268 g/mol. The van der Waals surface area contributed by atoms with Crippen LogP contribution < -0.4 is 10.9 Å². The van der Waals surface area contributed by atoms with E-state index in [0.29, 0.717) is 11.1 Å². The molecule has 2 aromatic carbocycles. The highest BCUT2D eigenvalue weighted by Gasteiger charge is 2.35. The quantitative estimate of drug-likeness (QED) is 0.733. The maximum Gasteiger partial charge on any atom is 0.329 e. The second-order valence-corrected chi connectivity index (χ2v) is 4.74. The van der Waals surface area contributed by atoms with E-state index in [4.69, 9.17) is 0 Å². The summed E-state index contributed by atoms with van der Waals surface area (Å²) in [5.74, 6) is -1.47. The minimum atomic E-state index is -1.41. The summed E-state index contributed by atoms with van der Waals surface area (Å²) in [7, 11) is 0. The van der Waals surface area contributed by atoms with Crippen molar-refractivity contribution in [1.82, 2.24) is 10.9 Å². The van der Waals surface area contributed by atoms with Crippen LogP contribution in [0.25, 0.3) is 0 Å². The van der Waals surface area contributed by atoms with Crippen LogP contribution in [0.1, 0.15) is 22.8 Å². The topological polar surface area (TPSA) is 78.4 Å². The van der Waals surface area contributed by atoms with Crippen molar-refractivity contribution in [3.8, 4) is 0 Å². The van der Waals surface area contributed by atoms with Gasteiger partial charge in [-0.1, -0.05) is 48.5 Å². The van der Waals surface area contributed by atoms with Crippen LogP contribution in [0.15, 0.2) is 60.7 Å². The Kier molecular flexibility index (Phi) is 4.35. The number of hydrogen-bond acceptors (Lipinski definition) is 3. The summed E-state index contributed by atoms with van der Waals surface area (Å²) in [6.07, 6.45) is 0. The number of nitrogens with one attached hydrogen (secondary N) is 2. The van der Waals surface area contributed by atoms with E-state index in [2.05, 4.69) is 10.9 Å². The molecule has 108 valence electrons. The minimum Gasteiger partial charge on any atom is -0.480 e. The summed E-state index contributed by atoms with van der Waals surface area (Å²) in [4.78, 5) is 23.5. The molecule has 2 aromatic rings. The van der Waals surface area contributed by atoms with Gasteiger partial charge in [-0.15, -0.1) is 0 Å². The van der Waals surface area contributed by atoms with Gasteiger partial charge in [-0.2, -0.15) is 0 Å². The zero-order valence-electron chi connectivity index (χ0n) is 11.5. The minimum absolute atomic E-state index is 0.390. The van der Waals surface area contributed by atoms with E-state index in [1.807, 2.05) is 0 Å². The predicted octanol–water partition coefficient (Wildman–Crippen LogP) is 1.92. The average molecular weight is 284 g/mol. The molecule has 0 aliphatic rings. The lowest BCUT2D eigenvalue weighted by Gasteiger charge is -2.27. The van der Waals surface area contributed by atoms with Crippen molar-refractivity contribution in [3.63, 3.8) is 0 Å². The van der Waals surface area contributed by atoms with Gasteiger partial charge in [-0.3, -0.25) is 10.2 Å². The molecule has 0 aliphatic carbocycles. The first-order valence-corrected chi connectivity index (χ1v) is 6.45. The second kappa shape index (κ2) is 6.19. The number of carbonyl (C=O) groups is 2. The summed E-state index contributed by atoms with van der Waals surface area (Å²) >= 11 is 0. The third-order valence-electron chi connectivity index (χ3n) is 3.24. The molecule has 0 aliphatic heterocycles.